The molecule has 0 heterocycles. The van der Waals surface area contributed by atoms with E-state index in [1.807, 2.05) is 30.3 Å². The van der Waals surface area contributed by atoms with Crippen LogP contribution < -0.4 is 40.0 Å². The molecule has 0 aliphatic heterocycles. The van der Waals surface area contributed by atoms with E-state index in [2.05, 4.69) is 5.32 Å². The van der Waals surface area contributed by atoms with E-state index in [-0.39, 0.29) is 49.1 Å². The van der Waals surface area contributed by atoms with E-state index in [1.165, 1.54) is 0 Å². The third-order valence-corrected chi connectivity index (χ3v) is 2.04. The number of carboxylic acid groups (broad SMARTS) is 1. The molecular formula is C12H14NNaO4. The zero-order chi connectivity index (χ0) is 12.5. The molecule has 0 aromatic heterocycles. The second-order valence-electron chi connectivity index (χ2n) is 3.46. The van der Waals surface area contributed by atoms with Crippen LogP contribution in [0.4, 0.5) is 4.79 Å². The van der Waals surface area contributed by atoms with E-state index in [4.69, 9.17) is 4.74 Å². The minimum Gasteiger partial charge on any atom is -0.550 e. The van der Waals surface area contributed by atoms with Gasteiger partial charge in [-0.3, -0.25) is 0 Å². The first-order valence-electron chi connectivity index (χ1n) is 5.33. The number of carbonyl (C=O) groups is 2. The molecule has 5 nitrogen and oxygen atoms in total. The summed E-state index contributed by atoms with van der Waals surface area (Å²) < 4.78 is 4.92. The summed E-state index contributed by atoms with van der Waals surface area (Å²) in [4.78, 5) is 21.3. The normalized spacial score (nSPS) is 9.11. The fraction of sp³-hybridized carbons (Fsp3) is 0.333. The quantitative estimate of drug-likeness (QED) is 0.450. The predicted octanol–water partition coefficient (Wildman–Crippen LogP) is -2.55. The van der Waals surface area contributed by atoms with Crippen LogP contribution in [0.25, 0.3) is 0 Å². The van der Waals surface area contributed by atoms with Crippen LogP contribution in [0.3, 0.4) is 0 Å². The Morgan fingerprint density at radius 3 is 2.50 bits per heavy atom. The summed E-state index contributed by atoms with van der Waals surface area (Å²) in [7, 11) is 0. The van der Waals surface area contributed by atoms with E-state index >= 15 is 0 Å². The Morgan fingerprint density at radius 2 is 1.89 bits per heavy atom. The summed E-state index contributed by atoms with van der Waals surface area (Å²) in [5.74, 6) is -1.12. The molecule has 0 bridgehead atoms. The first-order chi connectivity index (χ1) is 8.18. The predicted molar refractivity (Wildman–Crippen MR) is 58.9 cm³/mol. The Labute approximate surface area is 128 Å². The number of carboxylic acids is 1. The van der Waals surface area contributed by atoms with Gasteiger partial charge in [0, 0.05) is 12.5 Å². The number of hydrogen-bond acceptors (Lipinski definition) is 4. The average Bonchev–Trinajstić information content (AvgIpc) is 2.33. The summed E-state index contributed by atoms with van der Waals surface area (Å²) in [5.41, 5.74) is 0.900. The van der Waals surface area contributed by atoms with Crippen molar-refractivity contribution in [3.8, 4) is 0 Å². The van der Waals surface area contributed by atoms with Crippen molar-refractivity contribution in [3.05, 3.63) is 35.9 Å². The third kappa shape index (κ3) is 8.11. The van der Waals surface area contributed by atoms with E-state index in [0.29, 0.717) is 6.42 Å². The molecule has 0 fully saturated rings. The summed E-state index contributed by atoms with van der Waals surface area (Å²) >= 11 is 0. The SMILES string of the molecule is O=C([O-])CCCNC(=O)OCc1ccccc1.[Na+]. The van der Waals surface area contributed by atoms with Crippen molar-refractivity contribution >= 4 is 12.1 Å². The van der Waals surface area contributed by atoms with Gasteiger partial charge in [0.1, 0.15) is 6.61 Å². The molecule has 0 aliphatic rings. The summed E-state index contributed by atoms with van der Waals surface area (Å²) in [5, 5.41) is 12.6. The Balaban J connectivity index is 0.00000289. The molecule has 0 spiro atoms. The van der Waals surface area contributed by atoms with Crippen molar-refractivity contribution in [3.63, 3.8) is 0 Å². The van der Waals surface area contributed by atoms with Gasteiger partial charge >= 0.3 is 35.7 Å². The number of carbonyl (C=O) groups excluding carboxylic acids is 2. The second kappa shape index (κ2) is 9.94. The number of nitrogens with one attached hydrogen (secondary N) is 1. The molecule has 0 saturated heterocycles. The number of ether oxygens (including phenoxy) is 1. The van der Waals surface area contributed by atoms with Crippen LogP contribution in [0.1, 0.15) is 18.4 Å². The zero-order valence-electron chi connectivity index (χ0n) is 10.3. The summed E-state index contributed by atoms with van der Waals surface area (Å²) in [6.07, 6.45) is -0.283. The molecule has 6 heteroatoms. The van der Waals surface area contributed by atoms with Gasteiger partial charge in [0.25, 0.3) is 0 Å². The molecule has 1 amide bonds. The zero-order valence-corrected chi connectivity index (χ0v) is 12.3. The van der Waals surface area contributed by atoms with Crippen molar-refractivity contribution in [2.75, 3.05) is 6.54 Å². The summed E-state index contributed by atoms with van der Waals surface area (Å²) in [6.45, 7) is 0.467. The fourth-order valence-corrected chi connectivity index (χ4v) is 1.20. The molecule has 0 unspecified atom stereocenters. The molecule has 1 aromatic rings. The Kier molecular flexibility index (Phi) is 9.36. The summed E-state index contributed by atoms with van der Waals surface area (Å²) in [6, 6.07) is 9.29. The number of alkyl carbamates (subject to hydrolysis) is 1. The Bertz CT molecular complexity index is 370. The van der Waals surface area contributed by atoms with Crippen molar-refractivity contribution in [2.24, 2.45) is 0 Å². The third-order valence-electron chi connectivity index (χ3n) is 2.04. The van der Waals surface area contributed by atoms with Crippen LogP contribution in [0, 0.1) is 0 Å². The molecule has 0 radical (unpaired) electrons. The topological polar surface area (TPSA) is 78.5 Å². The van der Waals surface area contributed by atoms with Crippen LogP contribution in [0.5, 0.6) is 0 Å². The smallest absolute Gasteiger partial charge is 0.550 e. The standard InChI is InChI=1S/C12H15NO4.Na/c14-11(15)7-4-8-13-12(16)17-9-10-5-2-1-3-6-10;/h1-3,5-6H,4,7-9H2,(H,13,16)(H,14,15);/q;+1/p-1. The van der Waals surface area contributed by atoms with Gasteiger partial charge < -0.3 is 20.0 Å². The average molecular weight is 259 g/mol. The molecule has 1 rings (SSSR count). The Morgan fingerprint density at radius 1 is 1.22 bits per heavy atom. The molecule has 18 heavy (non-hydrogen) atoms. The number of rotatable bonds is 6. The monoisotopic (exact) mass is 259 g/mol. The molecule has 0 atom stereocenters. The Hall–Kier alpha value is -1.04. The number of aliphatic carboxylic acids is 1. The molecule has 0 saturated carbocycles. The first-order valence-corrected chi connectivity index (χ1v) is 5.33. The fourth-order valence-electron chi connectivity index (χ4n) is 1.20. The van der Waals surface area contributed by atoms with Crippen LogP contribution in [0.2, 0.25) is 0 Å². The van der Waals surface area contributed by atoms with Gasteiger partial charge in [-0.25, -0.2) is 4.79 Å². The van der Waals surface area contributed by atoms with Crippen molar-refractivity contribution in [2.45, 2.75) is 19.4 Å². The van der Waals surface area contributed by atoms with E-state index in [0.717, 1.165) is 5.56 Å². The maximum atomic E-state index is 11.2. The largest absolute Gasteiger partial charge is 1.00 e. The van der Waals surface area contributed by atoms with Crippen LogP contribution in [-0.2, 0) is 16.1 Å². The van der Waals surface area contributed by atoms with Gasteiger partial charge in [0.15, 0.2) is 0 Å². The minimum absolute atomic E-state index is 0. The number of benzene rings is 1. The van der Waals surface area contributed by atoms with Crippen molar-refractivity contribution < 1.29 is 49.0 Å². The van der Waals surface area contributed by atoms with Gasteiger partial charge in [-0.05, 0) is 18.4 Å². The van der Waals surface area contributed by atoms with Crippen molar-refractivity contribution in [1.29, 1.82) is 0 Å². The van der Waals surface area contributed by atoms with E-state index in [1.54, 1.807) is 0 Å². The van der Waals surface area contributed by atoms with Crippen LogP contribution in [0.15, 0.2) is 30.3 Å². The second-order valence-corrected chi connectivity index (χ2v) is 3.46. The minimum atomic E-state index is -1.12. The van der Waals surface area contributed by atoms with Gasteiger partial charge in [0.2, 0.25) is 0 Å². The van der Waals surface area contributed by atoms with Gasteiger partial charge in [-0.15, -0.1) is 0 Å². The molecule has 0 aliphatic carbocycles. The number of hydrogen-bond donors (Lipinski definition) is 1. The van der Waals surface area contributed by atoms with Crippen LogP contribution >= 0.6 is 0 Å². The molecule has 92 valence electrons. The van der Waals surface area contributed by atoms with E-state index in [9.17, 15) is 14.7 Å². The maximum Gasteiger partial charge on any atom is 1.00 e. The van der Waals surface area contributed by atoms with E-state index < -0.39 is 12.1 Å². The van der Waals surface area contributed by atoms with Gasteiger partial charge in [-0.1, -0.05) is 30.3 Å². The maximum absolute atomic E-state index is 11.2. The van der Waals surface area contributed by atoms with Crippen LogP contribution in [-0.4, -0.2) is 18.6 Å². The van der Waals surface area contributed by atoms with Gasteiger partial charge in [-0.2, -0.15) is 0 Å². The van der Waals surface area contributed by atoms with Crippen molar-refractivity contribution in [1.82, 2.24) is 5.32 Å². The molecular weight excluding hydrogens is 245 g/mol. The van der Waals surface area contributed by atoms with Gasteiger partial charge in [0.05, 0.1) is 0 Å². The molecule has 1 aromatic carbocycles. The first kappa shape index (κ1) is 17.0. The molecule has 1 N–H and O–H groups in total. The number of amides is 1.